The van der Waals surface area contributed by atoms with E-state index in [0.29, 0.717) is 0 Å². The van der Waals surface area contributed by atoms with Gasteiger partial charge in [-0.25, -0.2) is 0 Å². The maximum atomic E-state index is 12.4. The molecule has 0 aliphatic carbocycles. The number of nitro benzene ring substituents is 1. The number of nitro groups is 1. The topological polar surface area (TPSA) is 101 Å². The Kier molecular flexibility index (Phi) is 4.27. The van der Waals surface area contributed by atoms with Crippen molar-refractivity contribution in [1.29, 1.82) is 0 Å². The molecule has 1 amide bonds. The van der Waals surface area contributed by atoms with Crippen molar-refractivity contribution >= 4 is 23.3 Å². The molecule has 7 nitrogen and oxygen atoms in total. The zero-order valence-electron chi connectivity index (χ0n) is 9.63. The Bertz CT molecular complexity index is 558. The van der Waals surface area contributed by atoms with Crippen LogP contribution in [0, 0.1) is 10.1 Å². The number of benzene rings is 1. The lowest BCUT2D eigenvalue weighted by atomic mass is 10.2. The third-order valence-electron chi connectivity index (χ3n) is 2.15. The molecule has 108 valence electrons. The van der Waals surface area contributed by atoms with Crippen LogP contribution in [0.5, 0.6) is 0 Å². The van der Waals surface area contributed by atoms with Crippen molar-refractivity contribution in [3.05, 3.63) is 34.4 Å². The molecule has 0 bridgehead atoms. The van der Waals surface area contributed by atoms with Gasteiger partial charge in [-0.05, 0) is 6.07 Å². The van der Waals surface area contributed by atoms with E-state index in [4.69, 9.17) is 5.11 Å². The van der Waals surface area contributed by atoms with Crippen LogP contribution in [-0.4, -0.2) is 34.6 Å². The zero-order chi connectivity index (χ0) is 15.5. The summed E-state index contributed by atoms with van der Waals surface area (Å²) in [6.45, 7) is -1.34. The van der Waals surface area contributed by atoms with E-state index in [0.717, 1.165) is 18.2 Å². The Morgan fingerprint density at radius 1 is 1.30 bits per heavy atom. The van der Waals surface area contributed by atoms with E-state index in [9.17, 15) is 32.9 Å². The number of aliphatic carboxylic acids is 1. The van der Waals surface area contributed by atoms with Crippen molar-refractivity contribution < 1.29 is 32.8 Å². The van der Waals surface area contributed by atoms with Crippen LogP contribution in [0.4, 0.5) is 24.5 Å². The summed E-state index contributed by atoms with van der Waals surface area (Å²) >= 11 is 0. The second kappa shape index (κ2) is 5.55. The number of amides is 1. The highest BCUT2D eigenvalue weighted by molar-refractivity contribution is 6.02. The lowest BCUT2D eigenvalue weighted by Crippen LogP contribution is -2.44. The van der Waals surface area contributed by atoms with Crippen LogP contribution >= 0.6 is 0 Å². The number of hydrogen-bond acceptors (Lipinski definition) is 4. The van der Waals surface area contributed by atoms with Gasteiger partial charge in [-0.15, -0.1) is 0 Å². The van der Waals surface area contributed by atoms with Crippen molar-refractivity contribution in [3.63, 3.8) is 0 Å². The second-order valence-electron chi connectivity index (χ2n) is 3.53. The van der Waals surface area contributed by atoms with E-state index in [-0.39, 0.29) is 4.90 Å². The Balaban J connectivity index is 3.35. The molecular formula is C10H7F3N2O5. The Morgan fingerprint density at radius 3 is 2.30 bits per heavy atom. The molecule has 0 saturated carbocycles. The van der Waals surface area contributed by atoms with Gasteiger partial charge in [0.25, 0.3) is 5.69 Å². The smallest absolute Gasteiger partial charge is 0.471 e. The molecule has 10 heteroatoms. The van der Waals surface area contributed by atoms with Gasteiger partial charge in [0.2, 0.25) is 0 Å². The van der Waals surface area contributed by atoms with Crippen molar-refractivity contribution in [2.24, 2.45) is 0 Å². The molecule has 0 spiro atoms. The summed E-state index contributed by atoms with van der Waals surface area (Å²) in [6.07, 6.45) is -5.35. The summed E-state index contributed by atoms with van der Waals surface area (Å²) in [6, 6.07) is 4.07. The number of carboxylic acids is 1. The molecule has 0 heterocycles. The van der Waals surface area contributed by atoms with Gasteiger partial charge < -0.3 is 5.11 Å². The molecule has 1 aromatic carbocycles. The number of hydrogen-bond donors (Lipinski definition) is 1. The Hall–Kier alpha value is -2.65. The van der Waals surface area contributed by atoms with Crippen LogP contribution in [0.15, 0.2) is 24.3 Å². The van der Waals surface area contributed by atoms with Gasteiger partial charge in [-0.2, -0.15) is 13.2 Å². The van der Waals surface area contributed by atoms with E-state index in [1.165, 1.54) is 6.07 Å². The van der Waals surface area contributed by atoms with Gasteiger partial charge in [0, 0.05) is 6.07 Å². The summed E-state index contributed by atoms with van der Waals surface area (Å²) in [5.74, 6) is -4.23. The summed E-state index contributed by atoms with van der Waals surface area (Å²) in [5, 5.41) is 19.3. The van der Waals surface area contributed by atoms with Crippen molar-refractivity contribution in [1.82, 2.24) is 0 Å². The van der Waals surface area contributed by atoms with Crippen LogP contribution in [0.25, 0.3) is 0 Å². The molecular weight excluding hydrogens is 285 g/mol. The number of carbonyl (C=O) groups is 2. The third-order valence-corrected chi connectivity index (χ3v) is 2.15. The maximum absolute atomic E-state index is 12.4. The van der Waals surface area contributed by atoms with E-state index >= 15 is 0 Å². The van der Waals surface area contributed by atoms with Crippen molar-refractivity contribution in [3.8, 4) is 0 Å². The molecule has 20 heavy (non-hydrogen) atoms. The first-order chi connectivity index (χ1) is 9.14. The number of rotatable bonds is 4. The molecule has 0 atom stereocenters. The second-order valence-corrected chi connectivity index (χ2v) is 3.53. The summed E-state index contributed by atoms with van der Waals surface area (Å²) in [5.41, 5.74) is -1.53. The number of alkyl halides is 3. The highest BCUT2D eigenvalue weighted by Gasteiger charge is 2.45. The number of carbonyl (C=O) groups excluding carboxylic acids is 1. The number of carboxylic acid groups (broad SMARTS) is 1. The highest BCUT2D eigenvalue weighted by atomic mass is 19.4. The number of halogens is 3. The largest absolute Gasteiger partial charge is 0.480 e. The molecule has 0 aliphatic rings. The average molecular weight is 292 g/mol. The predicted octanol–water partition coefficient (Wildman–Crippen LogP) is 1.57. The molecule has 1 N–H and O–H groups in total. The lowest BCUT2D eigenvalue weighted by molar-refractivity contribution is -0.384. The molecule has 0 fully saturated rings. The first-order valence-corrected chi connectivity index (χ1v) is 4.98. The molecule has 0 radical (unpaired) electrons. The Labute approximate surface area is 109 Å². The zero-order valence-corrected chi connectivity index (χ0v) is 9.63. The monoisotopic (exact) mass is 292 g/mol. The molecule has 0 aromatic heterocycles. The molecule has 1 rings (SSSR count). The fourth-order valence-electron chi connectivity index (χ4n) is 1.40. The molecule has 0 unspecified atom stereocenters. The number of nitrogens with zero attached hydrogens (tertiary/aromatic N) is 2. The predicted molar refractivity (Wildman–Crippen MR) is 59.1 cm³/mol. The summed E-state index contributed by atoms with van der Waals surface area (Å²) in [7, 11) is 0. The fourth-order valence-corrected chi connectivity index (χ4v) is 1.40. The first-order valence-electron chi connectivity index (χ1n) is 4.98. The van der Waals surface area contributed by atoms with Gasteiger partial charge in [-0.3, -0.25) is 24.6 Å². The maximum Gasteiger partial charge on any atom is 0.471 e. The SMILES string of the molecule is O=C(O)CN(C(=O)C(F)(F)F)c1ccccc1[N+](=O)[O-]. The number of anilines is 1. The van der Waals surface area contributed by atoms with Crippen LogP contribution in [0.1, 0.15) is 0 Å². The van der Waals surface area contributed by atoms with Gasteiger partial charge in [0.05, 0.1) is 4.92 Å². The standard InChI is InChI=1S/C10H7F3N2O5/c11-10(12,13)9(18)14(5-8(16)17)6-3-1-2-4-7(6)15(19)20/h1-4H,5H2,(H,16,17). The molecule has 1 aromatic rings. The van der Waals surface area contributed by atoms with Crippen LogP contribution in [-0.2, 0) is 9.59 Å². The average Bonchev–Trinajstić information content (AvgIpc) is 2.33. The van der Waals surface area contributed by atoms with E-state index < -0.39 is 40.9 Å². The minimum Gasteiger partial charge on any atom is -0.480 e. The quantitative estimate of drug-likeness (QED) is 0.670. The van der Waals surface area contributed by atoms with Gasteiger partial charge >= 0.3 is 18.1 Å². The van der Waals surface area contributed by atoms with Crippen molar-refractivity contribution in [2.75, 3.05) is 11.4 Å². The molecule has 0 aliphatic heterocycles. The molecule has 0 saturated heterocycles. The third kappa shape index (κ3) is 3.43. The summed E-state index contributed by atoms with van der Waals surface area (Å²) in [4.78, 5) is 31.3. The number of para-hydroxylation sites is 2. The van der Waals surface area contributed by atoms with Crippen molar-refractivity contribution in [2.45, 2.75) is 6.18 Å². The van der Waals surface area contributed by atoms with E-state index in [2.05, 4.69) is 0 Å². The van der Waals surface area contributed by atoms with Crippen LogP contribution in [0.2, 0.25) is 0 Å². The van der Waals surface area contributed by atoms with E-state index in [1.54, 1.807) is 0 Å². The van der Waals surface area contributed by atoms with Crippen LogP contribution in [0.3, 0.4) is 0 Å². The minimum absolute atomic E-state index is 0.194. The summed E-state index contributed by atoms with van der Waals surface area (Å²) < 4.78 is 37.2. The van der Waals surface area contributed by atoms with E-state index in [1.807, 2.05) is 0 Å². The lowest BCUT2D eigenvalue weighted by Gasteiger charge is -2.21. The fraction of sp³-hybridized carbons (Fsp3) is 0.200. The minimum atomic E-state index is -5.35. The Morgan fingerprint density at radius 2 is 1.85 bits per heavy atom. The normalized spacial score (nSPS) is 10.9. The van der Waals surface area contributed by atoms with Gasteiger partial charge in [0.1, 0.15) is 12.2 Å². The highest BCUT2D eigenvalue weighted by Crippen LogP contribution is 2.30. The first kappa shape index (κ1) is 15.4. The van der Waals surface area contributed by atoms with Crippen LogP contribution < -0.4 is 4.90 Å². The van der Waals surface area contributed by atoms with Gasteiger partial charge in [0.15, 0.2) is 0 Å². The van der Waals surface area contributed by atoms with Gasteiger partial charge in [-0.1, -0.05) is 12.1 Å².